The van der Waals surface area contributed by atoms with Gasteiger partial charge in [-0.3, -0.25) is 14.5 Å². The Morgan fingerprint density at radius 2 is 1.96 bits per heavy atom. The molecule has 0 radical (unpaired) electrons. The second kappa shape index (κ2) is 8.47. The Morgan fingerprint density at radius 1 is 1.18 bits per heavy atom. The maximum Gasteiger partial charge on any atom is 0.317 e. The fraction of sp³-hybridized carbons (Fsp3) is 0.667. The lowest BCUT2D eigenvalue weighted by molar-refractivity contribution is -0.141. The first-order valence-corrected chi connectivity index (χ1v) is 10.6. The van der Waals surface area contributed by atoms with Gasteiger partial charge in [-0.25, -0.2) is 4.98 Å². The van der Waals surface area contributed by atoms with Crippen molar-refractivity contribution < 1.29 is 14.7 Å². The van der Waals surface area contributed by atoms with Gasteiger partial charge in [-0.2, -0.15) is 0 Å². The van der Waals surface area contributed by atoms with Crippen molar-refractivity contribution in [3.63, 3.8) is 0 Å². The number of unbranched alkanes of at least 4 members (excludes halogenated alkanes) is 1. The summed E-state index contributed by atoms with van der Waals surface area (Å²) in [4.78, 5) is 32.4. The van der Waals surface area contributed by atoms with Gasteiger partial charge in [-0.1, -0.05) is 6.07 Å². The van der Waals surface area contributed by atoms with Crippen LogP contribution >= 0.6 is 0 Å². The average molecular weight is 386 g/mol. The predicted octanol–water partition coefficient (Wildman–Crippen LogP) is 1.91. The highest BCUT2D eigenvalue weighted by molar-refractivity contribution is 5.76. The molecule has 4 heterocycles. The molecule has 152 valence electrons. The molecule has 0 saturated carbocycles. The highest BCUT2D eigenvalue weighted by Crippen LogP contribution is 2.30. The third kappa shape index (κ3) is 4.29. The van der Waals surface area contributed by atoms with Gasteiger partial charge in [-0.15, -0.1) is 0 Å². The summed E-state index contributed by atoms with van der Waals surface area (Å²) in [5.74, 6) is 0.476. The van der Waals surface area contributed by atoms with E-state index in [-0.39, 0.29) is 24.5 Å². The molecule has 7 heteroatoms. The number of nitrogens with zero attached hydrogens (tertiary/aromatic N) is 3. The Kier molecular flexibility index (Phi) is 5.80. The van der Waals surface area contributed by atoms with Gasteiger partial charge in [-0.05, 0) is 56.6 Å². The zero-order valence-electron chi connectivity index (χ0n) is 16.4. The Labute approximate surface area is 166 Å². The van der Waals surface area contributed by atoms with Crippen LogP contribution in [-0.4, -0.2) is 70.0 Å². The molecule has 2 fully saturated rings. The van der Waals surface area contributed by atoms with Gasteiger partial charge in [0.15, 0.2) is 0 Å². The number of anilines is 1. The molecule has 2 N–H and O–H groups in total. The third-order valence-electron chi connectivity index (χ3n) is 6.33. The van der Waals surface area contributed by atoms with E-state index >= 15 is 0 Å². The van der Waals surface area contributed by atoms with Crippen molar-refractivity contribution in [3.05, 3.63) is 23.4 Å². The maximum absolute atomic E-state index is 12.6. The highest BCUT2D eigenvalue weighted by Gasteiger charge is 2.41. The van der Waals surface area contributed by atoms with Gasteiger partial charge >= 0.3 is 5.97 Å². The summed E-state index contributed by atoms with van der Waals surface area (Å²) >= 11 is 0. The largest absolute Gasteiger partial charge is 0.480 e. The number of piperazine rings is 1. The average Bonchev–Trinajstić information content (AvgIpc) is 2.91. The SMILES string of the molecule is O=C(O)CN1C2CCC1CN(C(=O)CCCCc1ccc3c(n1)NCCC3)C2. The Morgan fingerprint density at radius 3 is 2.71 bits per heavy atom. The number of carboxylic acids is 1. The van der Waals surface area contributed by atoms with Gasteiger partial charge in [0.25, 0.3) is 0 Å². The smallest absolute Gasteiger partial charge is 0.317 e. The van der Waals surface area contributed by atoms with E-state index in [1.165, 1.54) is 12.0 Å². The first kappa shape index (κ1) is 19.2. The molecule has 2 atom stereocenters. The highest BCUT2D eigenvalue weighted by atomic mass is 16.4. The van der Waals surface area contributed by atoms with E-state index in [9.17, 15) is 9.59 Å². The fourth-order valence-corrected chi connectivity index (χ4v) is 4.86. The molecular weight excluding hydrogens is 356 g/mol. The number of pyridine rings is 1. The van der Waals surface area contributed by atoms with Crippen LogP contribution in [0.4, 0.5) is 5.82 Å². The molecule has 0 aliphatic carbocycles. The van der Waals surface area contributed by atoms with E-state index in [1.54, 1.807) is 0 Å². The second-order valence-electron chi connectivity index (χ2n) is 8.30. The number of likely N-dealkylation sites (tertiary alicyclic amines) is 1. The van der Waals surface area contributed by atoms with Crippen molar-refractivity contribution in [2.75, 3.05) is 31.5 Å². The molecular formula is C21H30N4O3. The van der Waals surface area contributed by atoms with Crippen LogP contribution in [0.2, 0.25) is 0 Å². The molecule has 2 bridgehead atoms. The normalized spacial score (nSPS) is 23.9. The Bertz CT molecular complexity index is 724. The summed E-state index contributed by atoms with van der Waals surface area (Å²) in [6.07, 6.45) is 7.58. The van der Waals surface area contributed by atoms with E-state index in [4.69, 9.17) is 10.1 Å². The van der Waals surface area contributed by atoms with Crippen molar-refractivity contribution in [2.45, 2.75) is 63.5 Å². The molecule has 0 aromatic carbocycles. The molecule has 28 heavy (non-hydrogen) atoms. The number of aliphatic carboxylic acids is 1. The third-order valence-corrected chi connectivity index (χ3v) is 6.33. The number of aromatic nitrogens is 1. The van der Waals surface area contributed by atoms with Gasteiger partial charge < -0.3 is 15.3 Å². The van der Waals surface area contributed by atoms with Crippen molar-refractivity contribution in [1.29, 1.82) is 0 Å². The minimum absolute atomic E-state index is 0.0972. The number of carbonyl (C=O) groups excluding carboxylic acids is 1. The summed E-state index contributed by atoms with van der Waals surface area (Å²) in [7, 11) is 0. The number of aryl methyl sites for hydroxylation is 2. The summed E-state index contributed by atoms with van der Waals surface area (Å²) in [5, 5.41) is 12.4. The monoisotopic (exact) mass is 386 g/mol. The minimum Gasteiger partial charge on any atom is -0.480 e. The predicted molar refractivity (Wildman–Crippen MR) is 106 cm³/mol. The van der Waals surface area contributed by atoms with Crippen molar-refractivity contribution in [1.82, 2.24) is 14.8 Å². The summed E-state index contributed by atoms with van der Waals surface area (Å²) in [6, 6.07) is 4.73. The van der Waals surface area contributed by atoms with Crippen LogP contribution in [0.25, 0.3) is 0 Å². The Hall–Kier alpha value is -2.15. The van der Waals surface area contributed by atoms with Gasteiger partial charge in [0.1, 0.15) is 5.82 Å². The molecule has 1 aromatic heterocycles. The quantitative estimate of drug-likeness (QED) is 0.697. The van der Waals surface area contributed by atoms with Gasteiger partial charge in [0, 0.05) is 43.8 Å². The minimum atomic E-state index is -0.775. The van der Waals surface area contributed by atoms with Crippen LogP contribution in [0.3, 0.4) is 0 Å². The zero-order valence-corrected chi connectivity index (χ0v) is 16.4. The van der Waals surface area contributed by atoms with E-state index in [1.807, 2.05) is 4.90 Å². The van der Waals surface area contributed by atoms with E-state index in [2.05, 4.69) is 22.3 Å². The summed E-state index contributed by atoms with van der Waals surface area (Å²) < 4.78 is 0. The zero-order chi connectivity index (χ0) is 19.5. The van der Waals surface area contributed by atoms with Crippen LogP contribution < -0.4 is 5.32 Å². The lowest BCUT2D eigenvalue weighted by Gasteiger charge is -2.40. The molecule has 1 aromatic rings. The van der Waals surface area contributed by atoms with Crippen molar-refractivity contribution >= 4 is 17.7 Å². The molecule has 3 aliphatic heterocycles. The van der Waals surface area contributed by atoms with E-state index in [0.717, 1.165) is 56.6 Å². The van der Waals surface area contributed by atoms with Gasteiger partial charge in [0.05, 0.1) is 6.54 Å². The van der Waals surface area contributed by atoms with Crippen LogP contribution in [0.5, 0.6) is 0 Å². The number of nitrogens with one attached hydrogen (secondary N) is 1. The lowest BCUT2D eigenvalue weighted by Crippen LogP contribution is -2.56. The number of hydrogen-bond donors (Lipinski definition) is 2. The topological polar surface area (TPSA) is 85.8 Å². The van der Waals surface area contributed by atoms with Crippen LogP contribution in [-0.2, 0) is 22.4 Å². The first-order chi connectivity index (χ1) is 13.6. The van der Waals surface area contributed by atoms with Crippen LogP contribution in [0, 0.1) is 0 Å². The number of hydrogen-bond acceptors (Lipinski definition) is 5. The number of fused-ring (bicyclic) bond motifs is 3. The number of amides is 1. The molecule has 7 nitrogen and oxygen atoms in total. The number of rotatable bonds is 7. The van der Waals surface area contributed by atoms with Gasteiger partial charge in [0.2, 0.25) is 5.91 Å². The van der Waals surface area contributed by atoms with Crippen molar-refractivity contribution in [3.8, 4) is 0 Å². The lowest BCUT2D eigenvalue weighted by atomic mass is 10.1. The maximum atomic E-state index is 12.6. The molecule has 1 amide bonds. The van der Waals surface area contributed by atoms with Crippen molar-refractivity contribution in [2.24, 2.45) is 0 Å². The summed E-state index contributed by atoms with van der Waals surface area (Å²) in [5.41, 5.74) is 2.41. The van der Waals surface area contributed by atoms with E-state index in [0.29, 0.717) is 19.5 Å². The molecule has 0 spiro atoms. The molecule has 3 aliphatic rings. The fourth-order valence-electron chi connectivity index (χ4n) is 4.86. The van der Waals surface area contributed by atoms with Crippen LogP contribution in [0.15, 0.2) is 12.1 Å². The van der Waals surface area contributed by atoms with E-state index < -0.39 is 5.97 Å². The van der Waals surface area contributed by atoms with Crippen LogP contribution in [0.1, 0.15) is 49.8 Å². The number of carboxylic acid groups (broad SMARTS) is 1. The second-order valence-corrected chi connectivity index (χ2v) is 8.30. The standard InChI is InChI=1S/C21H30N4O3/c26-19(24-12-17-9-10-18(13-24)25(17)14-20(27)28)6-2-1-5-16-8-7-15-4-3-11-22-21(15)23-16/h7-8,17-18H,1-6,9-14H2,(H,22,23)(H,27,28). The molecule has 2 unspecified atom stereocenters. The molecule has 2 saturated heterocycles. The molecule has 4 rings (SSSR count). The summed E-state index contributed by atoms with van der Waals surface area (Å²) in [6.45, 7) is 2.46. The first-order valence-electron chi connectivity index (χ1n) is 10.6. The number of carbonyl (C=O) groups is 2. The Balaban J connectivity index is 1.21.